The van der Waals surface area contributed by atoms with Crippen molar-refractivity contribution in [1.29, 1.82) is 0 Å². The third kappa shape index (κ3) is 3.07. The van der Waals surface area contributed by atoms with Gasteiger partial charge in [0.2, 0.25) is 0 Å². The molecule has 1 fully saturated rings. The molecule has 1 aromatic rings. The average molecular weight is 234 g/mol. The Morgan fingerprint density at radius 2 is 2.06 bits per heavy atom. The molecule has 3 heteroatoms. The highest BCUT2D eigenvalue weighted by Crippen LogP contribution is 2.23. The molecule has 0 amide bonds. The monoisotopic (exact) mass is 234 g/mol. The van der Waals surface area contributed by atoms with Gasteiger partial charge in [0.1, 0.15) is 6.10 Å². The van der Waals surface area contributed by atoms with Crippen molar-refractivity contribution in [1.82, 2.24) is 0 Å². The van der Waals surface area contributed by atoms with Gasteiger partial charge in [-0.15, -0.1) is 0 Å². The number of benzene rings is 1. The van der Waals surface area contributed by atoms with Crippen molar-refractivity contribution in [3.8, 4) is 0 Å². The number of esters is 1. The molecule has 0 bridgehead atoms. The van der Waals surface area contributed by atoms with E-state index in [1.54, 1.807) is 6.92 Å². The number of cyclic esters (lactones) is 1. The minimum absolute atomic E-state index is 0.145. The molecule has 3 atom stereocenters. The summed E-state index contributed by atoms with van der Waals surface area (Å²) in [5.74, 6) is -0.662. The molecule has 1 heterocycles. The Balaban J connectivity index is 1.86. The van der Waals surface area contributed by atoms with E-state index in [0.29, 0.717) is 6.42 Å². The number of rotatable bonds is 3. The molecule has 1 saturated heterocycles. The Morgan fingerprint density at radius 3 is 2.71 bits per heavy atom. The first-order valence-electron chi connectivity index (χ1n) is 6.09. The molecule has 1 aliphatic rings. The molecule has 1 aromatic carbocycles. The maximum atomic E-state index is 11.4. The molecule has 0 aromatic heterocycles. The van der Waals surface area contributed by atoms with Gasteiger partial charge < -0.3 is 9.84 Å². The third-order valence-corrected chi connectivity index (χ3v) is 3.33. The summed E-state index contributed by atoms with van der Waals surface area (Å²) in [4.78, 5) is 11.4. The summed E-state index contributed by atoms with van der Waals surface area (Å²) >= 11 is 0. The van der Waals surface area contributed by atoms with Crippen LogP contribution in [0, 0.1) is 5.92 Å². The van der Waals surface area contributed by atoms with E-state index in [-0.39, 0.29) is 18.0 Å². The minimum Gasteiger partial charge on any atom is -0.462 e. The highest BCUT2D eigenvalue weighted by molar-refractivity contribution is 5.73. The summed E-state index contributed by atoms with van der Waals surface area (Å²) in [6, 6.07) is 10.1. The van der Waals surface area contributed by atoms with Crippen molar-refractivity contribution in [2.45, 2.75) is 38.4 Å². The molecule has 0 spiro atoms. The van der Waals surface area contributed by atoms with Crippen molar-refractivity contribution in [2.24, 2.45) is 5.92 Å². The quantitative estimate of drug-likeness (QED) is 0.813. The number of aryl methyl sites for hydroxylation is 1. The van der Waals surface area contributed by atoms with Crippen LogP contribution in [-0.2, 0) is 16.0 Å². The summed E-state index contributed by atoms with van der Waals surface area (Å²) in [7, 11) is 0. The lowest BCUT2D eigenvalue weighted by atomic mass is 9.93. The fourth-order valence-corrected chi connectivity index (χ4v) is 2.10. The molecule has 92 valence electrons. The van der Waals surface area contributed by atoms with Gasteiger partial charge in [0, 0.05) is 6.42 Å². The molecule has 0 radical (unpaired) electrons. The number of hydrogen-bond acceptors (Lipinski definition) is 3. The first-order valence-corrected chi connectivity index (χ1v) is 6.09. The van der Waals surface area contributed by atoms with E-state index in [4.69, 9.17) is 4.74 Å². The van der Waals surface area contributed by atoms with Gasteiger partial charge in [0.25, 0.3) is 0 Å². The fraction of sp³-hybridized carbons (Fsp3) is 0.500. The van der Waals surface area contributed by atoms with Gasteiger partial charge in [-0.05, 0) is 25.3 Å². The Labute approximate surface area is 101 Å². The normalized spacial score (nSPS) is 28.8. The number of aliphatic hydroxyl groups excluding tert-OH is 1. The van der Waals surface area contributed by atoms with Crippen LogP contribution in [0.4, 0.5) is 0 Å². The third-order valence-electron chi connectivity index (χ3n) is 3.33. The average Bonchev–Trinajstić information content (AvgIpc) is 2.34. The summed E-state index contributed by atoms with van der Waals surface area (Å²) in [6.07, 6.45) is 1.50. The van der Waals surface area contributed by atoms with E-state index >= 15 is 0 Å². The smallest absolute Gasteiger partial charge is 0.311 e. The van der Waals surface area contributed by atoms with Crippen LogP contribution in [-0.4, -0.2) is 23.3 Å². The molecule has 17 heavy (non-hydrogen) atoms. The lowest BCUT2D eigenvalue weighted by Crippen LogP contribution is -2.39. The van der Waals surface area contributed by atoms with Crippen molar-refractivity contribution in [3.63, 3.8) is 0 Å². The van der Waals surface area contributed by atoms with Crippen LogP contribution in [0.5, 0.6) is 0 Å². The molecule has 3 nitrogen and oxygen atoms in total. The number of carbonyl (C=O) groups excluding carboxylic acids is 1. The Bertz CT molecular complexity index is 374. The lowest BCUT2D eigenvalue weighted by Gasteiger charge is -2.30. The van der Waals surface area contributed by atoms with Crippen LogP contribution in [0.15, 0.2) is 30.3 Å². The van der Waals surface area contributed by atoms with Crippen molar-refractivity contribution < 1.29 is 14.6 Å². The number of hydrogen-bond donors (Lipinski definition) is 1. The summed E-state index contributed by atoms with van der Waals surface area (Å²) in [6.45, 7) is 1.71. The maximum Gasteiger partial charge on any atom is 0.311 e. The molecular formula is C14H18O3. The Hall–Kier alpha value is -1.35. The van der Waals surface area contributed by atoms with Gasteiger partial charge in [0.05, 0.1) is 12.0 Å². The number of aliphatic hydroxyl groups is 1. The highest BCUT2D eigenvalue weighted by atomic mass is 16.5. The van der Waals surface area contributed by atoms with Gasteiger partial charge in [-0.2, -0.15) is 0 Å². The van der Waals surface area contributed by atoms with E-state index in [0.717, 1.165) is 12.8 Å². The molecular weight excluding hydrogens is 216 g/mol. The van der Waals surface area contributed by atoms with Crippen LogP contribution in [0.25, 0.3) is 0 Å². The van der Waals surface area contributed by atoms with Gasteiger partial charge in [-0.25, -0.2) is 0 Å². The number of ether oxygens (including phenoxy) is 1. The lowest BCUT2D eigenvalue weighted by molar-refractivity contribution is -0.168. The summed E-state index contributed by atoms with van der Waals surface area (Å²) in [5.41, 5.74) is 1.23. The number of carbonyl (C=O) groups is 1. The van der Waals surface area contributed by atoms with E-state index in [1.165, 1.54) is 5.56 Å². The molecule has 0 unspecified atom stereocenters. The largest absolute Gasteiger partial charge is 0.462 e. The predicted molar refractivity (Wildman–Crippen MR) is 64.4 cm³/mol. The fourth-order valence-electron chi connectivity index (χ4n) is 2.10. The van der Waals surface area contributed by atoms with Crippen molar-refractivity contribution in [2.75, 3.05) is 0 Å². The second-order valence-electron chi connectivity index (χ2n) is 4.67. The van der Waals surface area contributed by atoms with Gasteiger partial charge in [-0.3, -0.25) is 4.79 Å². The zero-order chi connectivity index (χ0) is 12.3. The molecule has 1 aliphatic heterocycles. The highest BCUT2D eigenvalue weighted by Gasteiger charge is 2.33. The van der Waals surface area contributed by atoms with Crippen LogP contribution < -0.4 is 0 Å². The minimum atomic E-state index is -0.558. The zero-order valence-corrected chi connectivity index (χ0v) is 10.0. The summed E-state index contributed by atoms with van der Waals surface area (Å²) in [5, 5.41) is 9.71. The standard InChI is InChI=1S/C14H18O3/c1-10-13(15)9-12(17-14(10)16)8-7-11-5-3-2-4-6-11/h2-6,10,12-13,15H,7-9H2,1H3/t10-,12-,13-/m1/s1. The van der Waals surface area contributed by atoms with Crippen molar-refractivity contribution >= 4 is 5.97 Å². The second kappa shape index (κ2) is 5.32. The first-order chi connectivity index (χ1) is 8.16. The first kappa shape index (κ1) is 12.1. The van der Waals surface area contributed by atoms with Crippen LogP contribution in [0.1, 0.15) is 25.3 Å². The van der Waals surface area contributed by atoms with Gasteiger partial charge in [0.15, 0.2) is 0 Å². The van der Waals surface area contributed by atoms with E-state index in [9.17, 15) is 9.90 Å². The topological polar surface area (TPSA) is 46.5 Å². The van der Waals surface area contributed by atoms with E-state index in [1.807, 2.05) is 18.2 Å². The van der Waals surface area contributed by atoms with Crippen LogP contribution in [0.2, 0.25) is 0 Å². The van der Waals surface area contributed by atoms with Crippen LogP contribution >= 0.6 is 0 Å². The van der Waals surface area contributed by atoms with Gasteiger partial charge in [-0.1, -0.05) is 30.3 Å². The second-order valence-corrected chi connectivity index (χ2v) is 4.67. The Morgan fingerprint density at radius 1 is 1.35 bits per heavy atom. The van der Waals surface area contributed by atoms with Gasteiger partial charge >= 0.3 is 5.97 Å². The van der Waals surface area contributed by atoms with Crippen molar-refractivity contribution in [3.05, 3.63) is 35.9 Å². The van der Waals surface area contributed by atoms with Crippen LogP contribution in [0.3, 0.4) is 0 Å². The molecule has 0 aliphatic carbocycles. The van der Waals surface area contributed by atoms with E-state index < -0.39 is 6.10 Å². The Kier molecular flexibility index (Phi) is 3.79. The SMILES string of the molecule is C[C@H]1C(=O)O[C@H](CCc2ccccc2)C[C@H]1O. The molecule has 2 rings (SSSR count). The predicted octanol–water partition coefficient (Wildman–Crippen LogP) is 1.93. The summed E-state index contributed by atoms with van der Waals surface area (Å²) < 4.78 is 5.29. The maximum absolute atomic E-state index is 11.4. The molecule has 0 saturated carbocycles. The zero-order valence-electron chi connectivity index (χ0n) is 10.0. The van der Waals surface area contributed by atoms with E-state index in [2.05, 4.69) is 12.1 Å². The molecule has 1 N–H and O–H groups in total.